The van der Waals surface area contributed by atoms with Gasteiger partial charge in [-0.3, -0.25) is 4.79 Å². The Morgan fingerprint density at radius 1 is 1.13 bits per heavy atom. The van der Waals surface area contributed by atoms with E-state index in [2.05, 4.69) is 27.1 Å². The maximum Gasteiger partial charge on any atom is 0.228 e. The molecule has 23 heavy (non-hydrogen) atoms. The predicted octanol–water partition coefficient (Wildman–Crippen LogP) is 3.08. The summed E-state index contributed by atoms with van der Waals surface area (Å²) < 4.78 is 0. The second kappa shape index (κ2) is 9.21. The van der Waals surface area contributed by atoms with Crippen molar-refractivity contribution >= 4 is 17.4 Å². The van der Waals surface area contributed by atoms with Crippen molar-refractivity contribution in [1.82, 2.24) is 9.97 Å². The van der Waals surface area contributed by atoms with Gasteiger partial charge in [-0.05, 0) is 30.2 Å². The number of anilines is 2. The number of hydrogen-bond donors (Lipinski definition) is 2. The van der Waals surface area contributed by atoms with Crippen LogP contribution in [0.15, 0.2) is 36.7 Å². The van der Waals surface area contributed by atoms with Crippen molar-refractivity contribution in [3.8, 4) is 11.8 Å². The molecule has 1 amide bonds. The quantitative estimate of drug-likeness (QED) is 0.660. The minimum Gasteiger partial charge on any atom is -0.399 e. The molecule has 2 aromatic rings. The van der Waals surface area contributed by atoms with Crippen LogP contribution >= 0.6 is 0 Å². The molecule has 0 aliphatic carbocycles. The molecule has 0 atom stereocenters. The van der Waals surface area contributed by atoms with Gasteiger partial charge in [-0.2, -0.15) is 0 Å². The van der Waals surface area contributed by atoms with Crippen LogP contribution in [0, 0.1) is 17.8 Å². The highest BCUT2D eigenvalue weighted by atomic mass is 16.1. The number of nitrogens with zero attached hydrogens (tertiary/aromatic N) is 2. The van der Waals surface area contributed by atoms with Gasteiger partial charge in [0, 0.05) is 23.2 Å². The van der Waals surface area contributed by atoms with Crippen LogP contribution in [0.25, 0.3) is 0 Å². The molecule has 0 saturated carbocycles. The lowest BCUT2D eigenvalue weighted by Gasteiger charge is -2.06. The Hall–Kier alpha value is -2.87. The first-order valence-corrected chi connectivity index (χ1v) is 7.55. The van der Waals surface area contributed by atoms with Crippen LogP contribution in [0.4, 0.5) is 11.5 Å². The summed E-state index contributed by atoms with van der Waals surface area (Å²) >= 11 is 0. The monoisotopic (exact) mass is 310 g/mol. The zero-order chi connectivity index (χ0) is 17.2. The normalized spacial score (nSPS) is 9.26. The molecule has 2 rings (SSSR count). The van der Waals surface area contributed by atoms with Crippen LogP contribution in [0.3, 0.4) is 0 Å². The van der Waals surface area contributed by atoms with Crippen LogP contribution in [0.1, 0.15) is 39.0 Å². The van der Waals surface area contributed by atoms with Gasteiger partial charge in [0.15, 0.2) is 0 Å². The summed E-state index contributed by atoms with van der Waals surface area (Å²) in [5, 5.41) is 2.71. The van der Waals surface area contributed by atoms with Crippen molar-refractivity contribution in [1.29, 1.82) is 0 Å². The molecule has 1 heterocycles. The van der Waals surface area contributed by atoms with E-state index >= 15 is 0 Å². The molecule has 0 unspecified atom stereocenters. The summed E-state index contributed by atoms with van der Waals surface area (Å²) in [6.45, 7) is 7.64. The van der Waals surface area contributed by atoms with Crippen molar-refractivity contribution < 1.29 is 4.79 Å². The molecule has 0 fully saturated rings. The van der Waals surface area contributed by atoms with E-state index in [1.54, 1.807) is 18.2 Å². The number of nitrogens with two attached hydrogens (primary N) is 1. The summed E-state index contributed by atoms with van der Waals surface area (Å²) in [4.78, 5) is 19.7. The van der Waals surface area contributed by atoms with E-state index in [-0.39, 0.29) is 11.8 Å². The van der Waals surface area contributed by atoms with Crippen LogP contribution in [-0.4, -0.2) is 15.9 Å². The molecule has 0 saturated heterocycles. The topological polar surface area (TPSA) is 80.9 Å². The standard InChI is InChI=1S/C16H16N4O.C2H6/c1-11(2)16(21)20-15-9-14(18-10-19-15)8-5-12-3-6-13(17)7-4-12;1-2/h3-4,6-7,9-11H,17H2,1-2H3,(H,18,19,20,21);1-2H3. The Labute approximate surface area is 137 Å². The highest BCUT2D eigenvalue weighted by Crippen LogP contribution is 2.07. The molecule has 5 nitrogen and oxygen atoms in total. The lowest BCUT2D eigenvalue weighted by Crippen LogP contribution is -2.18. The smallest absolute Gasteiger partial charge is 0.228 e. The van der Waals surface area contributed by atoms with Gasteiger partial charge in [0.1, 0.15) is 17.8 Å². The molecule has 120 valence electrons. The summed E-state index contributed by atoms with van der Waals surface area (Å²) in [6, 6.07) is 8.90. The highest BCUT2D eigenvalue weighted by molar-refractivity contribution is 5.91. The Morgan fingerprint density at radius 2 is 1.78 bits per heavy atom. The molecule has 1 aromatic carbocycles. The summed E-state index contributed by atoms with van der Waals surface area (Å²) in [5.74, 6) is 6.16. The zero-order valence-electron chi connectivity index (χ0n) is 13.9. The van der Waals surface area contributed by atoms with Crippen molar-refractivity contribution in [3.63, 3.8) is 0 Å². The van der Waals surface area contributed by atoms with Gasteiger partial charge >= 0.3 is 0 Å². The average molecular weight is 310 g/mol. The van der Waals surface area contributed by atoms with E-state index in [4.69, 9.17) is 5.73 Å². The molecular formula is C18H22N4O. The minimum absolute atomic E-state index is 0.0915. The first kappa shape index (κ1) is 18.2. The van der Waals surface area contributed by atoms with Gasteiger partial charge in [0.05, 0.1) is 0 Å². The molecule has 3 N–H and O–H groups in total. The SMILES string of the molecule is CC.CC(C)C(=O)Nc1cc(C#Cc2ccc(N)cc2)ncn1. The minimum atomic E-state index is -0.107. The number of aromatic nitrogens is 2. The molecule has 0 radical (unpaired) electrons. The van der Waals surface area contributed by atoms with Crippen molar-refractivity contribution in [3.05, 3.63) is 47.9 Å². The number of nitrogens with one attached hydrogen (secondary N) is 1. The molecule has 0 aliphatic heterocycles. The van der Waals surface area contributed by atoms with Gasteiger partial charge in [0.25, 0.3) is 0 Å². The van der Waals surface area contributed by atoms with E-state index in [9.17, 15) is 4.79 Å². The maximum atomic E-state index is 11.6. The summed E-state index contributed by atoms with van der Waals surface area (Å²) in [6.07, 6.45) is 1.38. The number of amides is 1. The number of benzene rings is 1. The van der Waals surface area contributed by atoms with Gasteiger partial charge < -0.3 is 11.1 Å². The third kappa shape index (κ3) is 6.18. The molecule has 1 aromatic heterocycles. The molecule has 5 heteroatoms. The first-order valence-electron chi connectivity index (χ1n) is 7.55. The molecule has 0 bridgehead atoms. The van der Waals surface area contributed by atoms with E-state index in [0.717, 1.165) is 5.56 Å². The Kier molecular flexibility index (Phi) is 7.28. The first-order chi connectivity index (χ1) is 11.0. The predicted molar refractivity (Wildman–Crippen MR) is 93.7 cm³/mol. The third-order valence-electron chi connectivity index (χ3n) is 2.69. The lowest BCUT2D eigenvalue weighted by molar-refractivity contribution is -0.118. The number of nitrogen functional groups attached to an aromatic ring is 1. The second-order valence-electron chi connectivity index (χ2n) is 4.80. The van der Waals surface area contributed by atoms with Gasteiger partial charge in [-0.15, -0.1) is 0 Å². The molecule has 0 aliphatic rings. The van der Waals surface area contributed by atoms with E-state index in [1.165, 1.54) is 6.33 Å². The molecule has 0 spiro atoms. The van der Waals surface area contributed by atoms with Crippen LogP contribution in [0.2, 0.25) is 0 Å². The van der Waals surface area contributed by atoms with Crippen LogP contribution < -0.4 is 11.1 Å². The largest absolute Gasteiger partial charge is 0.399 e. The van der Waals surface area contributed by atoms with E-state index in [1.807, 2.05) is 39.8 Å². The second-order valence-corrected chi connectivity index (χ2v) is 4.80. The highest BCUT2D eigenvalue weighted by Gasteiger charge is 2.07. The third-order valence-corrected chi connectivity index (χ3v) is 2.69. The fourth-order valence-corrected chi connectivity index (χ4v) is 1.47. The maximum absolute atomic E-state index is 11.6. The van der Waals surface area contributed by atoms with E-state index < -0.39 is 0 Å². The van der Waals surface area contributed by atoms with Gasteiger partial charge in [0.2, 0.25) is 5.91 Å². The number of carbonyl (C=O) groups excluding carboxylic acids is 1. The fourth-order valence-electron chi connectivity index (χ4n) is 1.47. The lowest BCUT2D eigenvalue weighted by atomic mass is 10.2. The van der Waals surface area contributed by atoms with Crippen molar-refractivity contribution in [2.45, 2.75) is 27.7 Å². The van der Waals surface area contributed by atoms with Crippen molar-refractivity contribution in [2.75, 3.05) is 11.1 Å². The van der Waals surface area contributed by atoms with E-state index in [0.29, 0.717) is 17.2 Å². The Balaban J connectivity index is 0.00000127. The van der Waals surface area contributed by atoms with Crippen LogP contribution in [-0.2, 0) is 4.79 Å². The van der Waals surface area contributed by atoms with Gasteiger partial charge in [-0.1, -0.05) is 33.6 Å². The number of hydrogen-bond acceptors (Lipinski definition) is 4. The summed E-state index contributed by atoms with van der Waals surface area (Å²) in [7, 11) is 0. The molecular weight excluding hydrogens is 288 g/mol. The average Bonchev–Trinajstić information content (AvgIpc) is 2.56. The Bertz CT molecular complexity index is 697. The number of carbonyl (C=O) groups is 1. The number of rotatable bonds is 2. The Morgan fingerprint density at radius 3 is 2.39 bits per heavy atom. The van der Waals surface area contributed by atoms with Gasteiger partial charge in [-0.25, -0.2) is 9.97 Å². The van der Waals surface area contributed by atoms with Crippen LogP contribution in [0.5, 0.6) is 0 Å². The van der Waals surface area contributed by atoms with Crippen molar-refractivity contribution in [2.24, 2.45) is 5.92 Å². The summed E-state index contributed by atoms with van der Waals surface area (Å²) in [5.41, 5.74) is 7.70. The fraction of sp³-hybridized carbons (Fsp3) is 0.278. The zero-order valence-corrected chi connectivity index (χ0v) is 13.9.